The Kier molecular flexibility index (Phi) is 4.98. The molecule has 0 aliphatic rings. The monoisotopic (exact) mass is 247 g/mol. The van der Waals surface area contributed by atoms with Crippen molar-refractivity contribution >= 4 is 28.9 Å². The SMILES string of the molecule is CC(=O)NCC#Cc1ccc(NC(N)=S)cc1. The third-order valence-corrected chi connectivity index (χ3v) is 1.91. The standard InChI is InChI=1S/C12H13N3OS/c1-9(16)14-8-2-3-10-4-6-11(7-5-10)15-12(13)17/h4-7H,8H2,1H3,(H,14,16)(H3,13,15,17). The predicted octanol–water partition coefficient (Wildman–Crippen LogP) is 0.830. The molecule has 1 rings (SSSR count). The first kappa shape index (κ1) is 13.0. The lowest BCUT2D eigenvalue weighted by Gasteiger charge is -2.02. The lowest BCUT2D eigenvalue weighted by atomic mass is 10.2. The van der Waals surface area contributed by atoms with Crippen LogP contribution in [-0.2, 0) is 4.79 Å². The van der Waals surface area contributed by atoms with Crippen LogP contribution < -0.4 is 16.4 Å². The van der Waals surface area contributed by atoms with E-state index in [1.807, 2.05) is 24.3 Å². The van der Waals surface area contributed by atoms with Gasteiger partial charge in [-0.25, -0.2) is 0 Å². The molecule has 0 atom stereocenters. The molecule has 0 aliphatic carbocycles. The van der Waals surface area contributed by atoms with E-state index < -0.39 is 0 Å². The summed E-state index contributed by atoms with van der Waals surface area (Å²) in [4.78, 5) is 10.6. The van der Waals surface area contributed by atoms with E-state index in [0.29, 0.717) is 6.54 Å². The average Bonchev–Trinajstić information content (AvgIpc) is 2.25. The molecule has 1 aromatic carbocycles. The summed E-state index contributed by atoms with van der Waals surface area (Å²) >= 11 is 4.72. The van der Waals surface area contributed by atoms with Crippen LogP contribution in [0.25, 0.3) is 0 Å². The number of thiocarbonyl (C=S) groups is 1. The third kappa shape index (κ3) is 5.54. The van der Waals surface area contributed by atoms with Crippen molar-refractivity contribution in [1.29, 1.82) is 0 Å². The minimum Gasteiger partial charge on any atom is -0.376 e. The Labute approximate surface area is 106 Å². The zero-order chi connectivity index (χ0) is 12.7. The molecule has 4 N–H and O–H groups in total. The van der Waals surface area contributed by atoms with Gasteiger partial charge in [0.1, 0.15) is 0 Å². The molecule has 0 fully saturated rings. The molecule has 0 saturated carbocycles. The molecule has 0 bridgehead atoms. The molecule has 17 heavy (non-hydrogen) atoms. The van der Waals surface area contributed by atoms with Gasteiger partial charge in [-0.15, -0.1) is 0 Å². The first-order chi connectivity index (χ1) is 8.08. The molecule has 5 heteroatoms. The first-order valence-electron chi connectivity index (χ1n) is 4.98. The molecule has 1 aromatic rings. The Hall–Kier alpha value is -2.06. The molecule has 0 unspecified atom stereocenters. The first-order valence-corrected chi connectivity index (χ1v) is 5.38. The smallest absolute Gasteiger partial charge is 0.217 e. The highest BCUT2D eigenvalue weighted by Gasteiger charge is 1.92. The molecular formula is C12H13N3OS. The zero-order valence-corrected chi connectivity index (χ0v) is 10.2. The zero-order valence-electron chi connectivity index (χ0n) is 9.41. The van der Waals surface area contributed by atoms with E-state index in [4.69, 9.17) is 18.0 Å². The van der Waals surface area contributed by atoms with Crippen molar-refractivity contribution in [3.8, 4) is 11.8 Å². The number of anilines is 1. The topological polar surface area (TPSA) is 67.2 Å². The highest BCUT2D eigenvalue weighted by atomic mass is 32.1. The number of nitrogens with two attached hydrogens (primary N) is 1. The minimum absolute atomic E-state index is 0.0877. The Morgan fingerprint density at radius 1 is 1.41 bits per heavy atom. The van der Waals surface area contributed by atoms with Crippen molar-refractivity contribution in [3.05, 3.63) is 29.8 Å². The maximum absolute atomic E-state index is 10.6. The van der Waals surface area contributed by atoms with Crippen molar-refractivity contribution in [3.63, 3.8) is 0 Å². The van der Waals surface area contributed by atoms with E-state index in [1.165, 1.54) is 6.92 Å². The van der Waals surface area contributed by atoms with Gasteiger partial charge in [0.05, 0.1) is 6.54 Å². The van der Waals surface area contributed by atoms with Crippen molar-refractivity contribution in [2.45, 2.75) is 6.92 Å². The van der Waals surface area contributed by atoms with Gasteiger partial charge in [-0.1, -0.05) is 11.8 Å². The summed E-state index contributed by atoms with van der Waals surface area (Å²) in [6.45, 7) is 1.81. The number of rotatable bonds is 2. The number of amides is 1. The van der Waals surface area contributed by atoms with Gasteiger partial charge in [0.25, 0.3) is 0 Å². The Morgan fingerprint density at radius 3 is 2.59 bits per heavy atom. The Bertz CT molecular complexity index is 471. The van der Waals surface area contributed by atoms with Gasteiger partial charge in [-0.3, -0.25) is 4.79 Å². The summed E-state index contributed by atoms with van der Waals surface area (Å²) < 4.78 is 0. The van der Waals surface area contributed by atoms with Gasteiger partial charge in [0.2, 0.25) is 5.91 Å². The number of hydrogen-bond acceptors (Lipinski definition) is 2. The summed E-state index contributed by atoms with van der Waals surface area (Å²) in [5, 5.41) is 5.64. The summed E-state index contributed by atoms with van der Waals surface area (Å²) in [6.07, 6.45) is 0. The van der Waals surface area contributed by atoms with Crippen molar-refractivity contribution in [2.75, 3.05) is 11.9 Å². The van der Waals surface area contributed by atoms with Crippen LogP contribution in [0.5, 0.6) is 0 Å². The van der Waals surface area contributed by atoms with Crippen LogP contribution in [0, 0.1) is 11.8 Å². The van der Waals surface area contributed by atoms with Crippen molar-refractivity contribution in [2.24, 2.45) is 5.73 Å². The molecule has 0 heterocycles. The fraction of sp³-hybridized carbons (Fsp3) is 0.167. The van der Waals surface area contributed by atoms with E-state index in [9.17, 15) is 4.79 Å². The average molecular weight is 247 g/mol. The maximum Gasteiger partial charge on any atom is 0.217 e. The maximum atomic E-state index is 10.6. The Morgan fingerprint density at radius 2 is 2.06 bits per heavy atom. The molecule has 4 nitrogen and oxygen atoms in total. The van der Waals surface area contributed by atoms with Crippen molar-refractivity contribution in [1.82, 2.24) is 5.32 Å². The second-order valence-electron chi connectivity index (χ2n) is 3.28. The number of benzene rings is 1. The minimum atomic E-state index is -0.0877. The van der Waals surface area contributed by atoms with E-state index >= 15 is 0 Å². The second kappa shape index (κ2) is 6.51. The van der Waals surface area contributed by atoms with Gasteiger partial charge < -0.3 is 16.4 Å². The van der Waals surface area contributed by atoms with Crippen molar-refractivity contribution < 1.29 is 4.79 Å². The second-order valence-corrected chi connectivity index (χ2v) is 3.72. The molecule has 0 spiro atoms. The molecule has 0 aromatic heterocycles. The fourth-order valence-corrected chi connectivity index (χ4v) is 1.21. The molecule has 1 amide bonds. The molecule has 0 radical (unpaired) electrons. The van der Waals surface area contributed by atoms with Crippen LogP contribution in [0.15, 0.2) is 24.3 Å². The highest BCUT2D eigenvalue weighted by molar-refractivity contribution is 7.80. The fourth-order valence-electron chi connectivity index (χ4n) is 1.09. The van der Waals surface area contributed by atoms with E-state index in [2.05, 4.69) is 22.5 Å². The lowest BCUT2D eigenvalue weighted by molar-refractivity contribution is -0.118. The molecule has 0 saturated heterocycles. The van der Waals surface area contributed by atoms with E-state index in [0.717, 1.165) is 11.3 Å². The van der Waals surface area contributed by atoms with E-state index in [1.54, 1.807) is 0 Å². The van der Waals surface area contributed by atoms with E-state index in [-0.39, 0.29) is 11.0 Å². The quantitative estimate of drug-likeness (QED) is 0.535. The van der Waals surface area contributed by atoms with Crippen LogP contribution in [-0.4, -0.2) is 17.6 Å². The predicted molar refractivity (Wildman–Crippen MR) is 72.4 cm³/mol. The molecular weight excluding hydrogens is 234 g/mol. The van der Waals surface area contributed by atoms with Crippen LogP contribution in [0.3, 0.4) is 0 Å². The highest BCUT2D eigenvalue weighted by Crippen LogP contribution is 2.07. The number of carbonyl (C=O) groups is 1. The number of carbonyl (C=O) groups excluding carboxylic acids is 1. The molecule has 0 aliphatic heterocycles. The number of nitrogens with one attached hydrogen (secondary N) is 2. The summed E-state index contributed by atoms with van der Waals surface area (Å²) in [5.74, 6) is 5.68. The number of hydrogen-bond donors (Lipinski definition) is 3. The lowest BCUT2D eigenvalue weighted by Crippen LogP contribution is -2.19. The normalized spacial score (nSPS) is 8.76. The van der Waals surface area contributed by atoms with Gasteiger partial charge in [-0.2, -0.15) is 0 Å². The van der Waals surface area contributed by atoms with Crippen LogP contribution in [0.4, 0.5) is 5.69 Å². The summed E-state index contributed by atoms with van der Waals surface area (Å²) in [7, 11) is 0. The van der Waals surface area contributed by atoms with Crippen LogP contribution in [0.2, 0.25) is 0 Å². The Balaban J connectivity index is 2.55. The largest absolute Gasteiger partial charge is 0.376 e. The van der Waals surface area contributed by atoms with Gasteiger partial charge in [0, 0.05) is 18.2 Å². The van der Waals surface area contributed by atoms with Gasteiger partial charge >= 0.3 is 0 Å². The molecule has 88 valence electrons. The van der Waals surface area contributed by atoms with Gasteiger partial charge in [-0.05, 0) is 36.5 Å². The third-order valence-electron chi connectivity index (χ3n) is 1.81. The summed E-state index contributed by atoms with van der Waals surface area (Å²) in [5.41, 5.74) is 7.03. The van der Waals surface area contributed by atoms with Crippen LogP contribution in [0.1, 0.15) is 12.5 Å². The van der Waals surface area contributed by atoms with Crippen LogP contribution >= 0.6 is 12.2 Å². The van der Waals surface area contributed by atoms with Gasteiger partial charge in [0.15, 0.2) is 5.11 Å². The summed E-state index contributed by atoms with van der Waals surface area (Å²) in [6, 6.07) is 7.37.